The number of hydrogen-bond acceptors (Lipinski definition) is 8. The summed E-state index contributed by atoms with van der Waals surface area (Å²) >= 11 is 0. The molecule has 20 heteroatoms. The quantitative estimate of drug-likeness (QED) is 0.369. The van der Waals surface area contributed by atoms with Crippen molar-refractivity contribution in [2.45, 2.75) is 50.6 Å². The number of likely N-dealkylation sites (tertiary alicyclic amines) is 1. The number of nitrogens with zero attached hydrogens (tertiary/aromatic N) is 3. The van der Waals surface area contributed by atoms with E-state index in [-0.39, 0.29) is 5.60 Å². The number of aromatic nitrogens is 2. The molecule has 4 heterocycles. The van der Waals surface area contributed by atoms with E-state index in [1.54, 1.807) is 0 Å². The Labute approximate surface area is 254 Å². The molecule has 1 atom stereocenters. The first-order valence-corrected chi connectivity index (χ1v) is 12.7. The Hall–Kier alpha value is -4.04. The molecule has 0 saturated carbocycles. The zero-order valence-electron chi connectivity index (χ0n) is 23.7. The molecule has 2 fully saturated rings. The minimum atomic E-state index is -5.08. The van der Waals surface area contributed by atoms with E-state index in [0.717, 1.165) is 50.7 Å². The predicted molar refractivity (Wildman–Crippen MR) is 136 cm³/mol. The molecular weight excluding hydrogens is 653 g/mol. The van der Waals surface area contributed by atoms with Gasteiger partial charge in [-0.05, 0) is 43.2 Å². The van der Waals surface area contributed by atoms with E-state index in [4.69, 9.17) is 39.2 Å². The number of aliphatic carboxylic acids is 3. The highest BCUT2D eigenvalue weighted by atomic mass is 19.4. The van der Waals surface area contributed by atoms with Gasteiger partial charge in [-0.15, -0.1) is 0 Å². The van der Waals surface area contributed by atoms with E-state index in [9.17, 15) is 39.5 Å². The van der Waals surface area contributed by atoms with Gasteiger partial charge in [0.1, 0.15) is 0 Å². The lowest BCUT2D eigenvalue weighted by atomic mass is 9.81. The van der Waals surface area contributed by atoms with Gasteiger partial charge in [-0.2, -0.15) is 39.5 Å². The van der Waals surface area contributed by atoms with Crippen LogP contribution in [0.3, 0.4) is 0 Å². The van der Waals surface area contributed by atoms with Crippen LogP contribution in [0.25, 0.3) is 0 Å². The first-order chi connectivity index (χ1) is 21.1. The van der Waals surface area contributed by atoms with Gasteiger partial charge in [0.15, 0.2) is 0 Å². The molecule has 0 amide bonds. The molecule has 0 aliphatic carbocycles. The number of alkyl halides is 9. The highest BCUT2D eigenvalue weighted by Crippen LogP contribution is 2.40. The average molecular weight is 682 g/mol. The van der Waals surface area contributed by atoms with E-state index < -0.39 is 36.4 Å². The molecule has 2 saturated heterocycles. The first-order valence-electron chi connectivity index (χ1n) is 12.7. The smallest absolute Gasteiger partial charge is 0.475 e. The Morgan fingerprint density at radius 1 is 0.891 bits per heavy atom. The number of aryl methyl sites for hydroxylation is 1. The van der Waals surface area contributed by atoms with Crippen LogP contribution in [0, 0.1) is 12.8 Å². The average Bonchev–Trinajstić information content (AvgIpc) is 3.32. The molecule has 1 unspecified atom stereocenters. The molecule has 2 aromatic rings. The Balaban J connectivity index is 0.000000413. The number of halogens is 9. The number of carboxylic acid groups (broad SMARTS) is 3. The van der Waals surface area contributed by atoms with Crippen LogP contribution in [0.5, 0.6) is 0 Å². The van der Waals surface area contributed by atoms with Crippen molar-refractivity contribution in [2.75, 3.05) is 26.3 Å². The molecule has 46 heavy (non-hydrogen) atoms. The Bertz CT molecular complexity index is 1210. The molecule has 1 spiro atoms. The maximum atomic E-state index is 10.6. The summed E-state index contributed by atoms with van der Waals surface area (Å²) in [5, 5.41) is 21.4. The van der Waals surface area contributed by atoms with Gasteiger partial charge in [-0.25, -0.2) is 14.4 Å². The Morgan fingerprint density at radius 3 is 1.80 bits per heavy atom. The molecule has 258 valence electrons. The molecule has 0 radical (unpaired) electrons. The van der Waals surface area contributed by atoms with Gasteiger partial charge in [0, 0.05) is 50.2 Å². The van der Waals surface area contributed by atoms with Gasteiger partial charge in [-0.1, -0.05) is 6.07 Å². The van der Waals surface area contributed by atoms with E-state index in [1.807, 2.05) is 37.5 Å². The van der Waals surface area contributed by atoms with Crippen LogP contribution in [0.1, 0.15) is 23.4 Å². The van der Waals surface area contributed by atoms with Gasteiger partial charge < -0.3 is 24.8 Å². The molecule has 0 aromatic carbocycles. The fraction of sp³-hybridized carbons (Fsp3) is 0.500. The van der Waals surface area contributed by atoms with E-state index in [0.29, 0.717) is 12.5 Å². The van der Waals surface area contributed by atoms with Crippen molar-refractivity contribution in [3.8, 4) is 0 Å². The lowest BCUT2D eigenvalue weighted by Crippen LogP contribution is -2.64. The van der Waals surface area contributed by atoms with Crippen molar-refractivity contribution in [1.29, 1.82) is 0 Å². The molecule has 0 bridgehead atoms. The maximum absolute atomic E-state index is 10.6. The summed E-state index contributed by atoms with van der Waals surface area (Å²) in [7, 11) is 0. The van der Waals surface area contributed by atoms with E-state index in [1.165, 1.54) is 5.56 Å². The summed E-state index contributed by atoms with van der Waals surface area (Å²) in [6, 6.07) is 10.2. The molecule has 3 N–H and O–H groups in total. The Kier molecular flexibility index (Phi) is 14.8. The fourth-order valence-electron chi connectivity index (χ4n) is 3.91. The zero-order valence-corrected chi connectivity index (χ0v) is 23.7. The second-order valence-corrected chi connectivity index (χ2v) is 9.59. The van der Waals surface area contributed by atoms with Crippen LogP contribution in [0.15, 0.2) is 42.7 Å². The van der Waals surface area contributed by atoms with E-state index >= 15 is 0 Å². The van der Waals surface area contributed by atoms with Gasteiger partial charge >= 0.3 is 36.4 Å². The number of carboxylic acids is 3. The summed E-state index contributed by atoms with van der Waals surface area (Å²) in [6.45, 7) is 7.15. The highest BCUT2D eigenvalue weighted by Gasteiger charge is 2.52. The van der Waals surface area contributed by atoms with Crippen molar-refractivity contribution in [3.63, 3.8) is 0 Å². The van der Waals surface area contributed by atoms with Crippen molar-refractivity contribution in [2.24, 2.45) is 5.92 Å². The normalized spacial score (nSPS) is 17.2. The number of carbonyl (C=O) groups is 3. The topological polar surface area (TPSA) is 159 Å². The lowest BCUT2D eigenvalue weighted by molar-refractivity contribution is -0.193. The summed E-state index contributed by atoms with van der Waals surface area (Å²) in [5.74, 6) is -7.79. The Morgan fingerprint density at radius 2 is 1.37 bits per heavy atom. The largest absolute Gasteiger partial charge is 0.490 e. The van der Waals surface area contributed by atoms with Crippen LogP contribution in [0.2, 0.25) is 0 Å². The van der Waals surface area contributed by atoms with Gasteiger partial charge in [0.2, 0.25) is 0 Å². The third kappa shape index (κ3) is 14.4. The van der Waals surface area contributed by atoms with Crippen LogP contribution >= 0.6 is 0 Å². The standard InChI is InChI=1S/C20H25N3O2.3C2HF3O2/c1-16-3-2-4-19(22-16)11-23-14-20(15-23)18(7-10-25-20)13-24-12-17-5-8-21-9-6-17;3*3-2(4,5)1(6)7/h2-6,8-9,18H,7,10-15H2,1H3;3*(H,6,7). The van der Waals surface area contributed by atoms with Crippen LogP contribution < -0.4 is 0 Å². The maximum Gasteiger partial charge on any atom is 0.490 e. The molecular formula is C26H28F9N3O8. The molecule has 11 nitrogen and oxygen atoms in total. The zero-order chi connectivity index (χ0) is 35.3. The molecule has 2 aliphatic rings. The van der Waals surface area contributed by atoms with Gasteiger partial charge in [0.05, 0.1) is 24.5 Å². The number of rotatable bonds is 6. The van der Waals surface area contributed by atoms with Crippen molar-refractivity contribution >= 4 is 17.9 Å². The van der Waals surface area contributed by atoms with Crippen LogP contribution in [0.4, 0.5) is 39.5 Å². The second kappa shape index (κ2) is 17.0. The van der Waals surface area contributed by atoms with Gasteiger partial charge in [-0.3, -0.25) is 14.9 Å². The molecule has 2 aliphatic heterocycles. The minimum absolute atomic E-state index is 0.0118. The van der Waals surface area contributed by atoms with Crippen molar-refractivity contribution in [1.82, 2.24) is 14.9 Å². The first kappa shape index (κ1) is 40.0. The summed E-state index contributed by atoms with van der Waals surface area (Å²) in [4.78, 5) is 37.7. The SMILES string of the molecule is Cc1cccc(CN2CC3(C2)OCCC3COCc2ccncc2)n1.O=C(O)C(F)(F)F.O=C(O)C(F)(F)F.O=C(O)C(F)(F)F. The minimum Gasteiger partial charge on any atom is -0.475 e. The van der Waals surface area contributed by atoms with E-state index in [2.05, 4.69) is 27.0 Å². The number of hydrogen-bond donors (Lipinski definition) is 3. The third-order valence-corrected chi connectivity index (χ3v) is 5.98. The molecule has 2 aromatic heterocycles. The third-order valence-electron chi connectivity index (χ3n) is 5.98. The fourth-order valence-corrected chi connectivity index (χ4v) is 3.91. The summed E-state index contributed by atoms with van der Waals surface area (Å²) in [5.41, 5.74) is 3.37. The van der Waals surface area contributed by atoms with Crippen molar-refractivity contribution < 1.29 is 78.7 Å². The summed E-state index contributed by atoms with van der Waals surface area (Å²) in [6.07, 6.45) is -10.5. The van der Waals surface area contributed by atoms with Crippen molar-refractivity contribution in [3.05, 3.63) is 59.7 Å². The number of ether oxygens (including phenoxy) is 2. The van der Waals surface area contributed by atoms with Gasteiger partial charge in [0.25, 0.3) is 0 Å². The predicted octanol–water partition coefficient (Wildman–Crippen LogP) is 4.49. The van der Waals surface area contributed by atoms with Crippen LogP contribution in [-0.4, -0.2) is 98.5 Å². The number of pyridine rings is 2. The monoisotopic (exact) mass is 681 g/mol. The summed E-state index contributed by atoms with van der Waals surface area (Å²) < 4.78 is 107. The highest BCUT2D eigenvalue weighted by molar-refractivity contribution is 5.73. The lowest BCUT2D eigenvalue weighted by Gasteiger charge is -2.50. The van der Waals surface area contributed by atoms with Crippen LogP contribution in [-0.2, 0) is 37.0 Å². The second-order valence-electron chi connectivity index (χ2n) is 9.59. The molecule has 4 rings (SSSR count).